The molecule has 1 aromatic heterocycles. The van der Waals surface area contributed by atoms with Crippen LogP contribution in [0.4, 0.5) is 10.1 Å². The van der Waals surface area contributed by atoms with E-state index in [1.54, 1.807) is 28.0 Å². The smallest absolute Gasteiger partial charge is 0.256 e. The molecular formula is C18H20BrFN4O2. The van der Waals surface area contributed by atoms with Crippen molar-refractivity contribution in [3.05, 3.63) is 46.4 Å². The molecule has 0 aliphatic carbocycles. The number of hydrogen-bond donors (Lipinski definition) is 1. The number of likely N-dealkylation sites (tertiary alicyclic amines) is 1. The lowest BCUT2D eigenvalue weighted by Gasteiger charge is -2.31. The molecule has 0 saturated carbocycles. The molecule has 1 N–H and O–H groups in total. The van der Waals surface area contributed by atoms with E-state index in [2.05, 4.69) is 26.3 Å². The number of nitrogens with zero attached hydrogens (tertiary/aromatic N) is 3. The van der Waals surface area contributed by atoms with Gasteiger partial charge in [-0.15, -0.1) is 0 Å². The molecule has 8 heteroatoms. The van der Waals surface area contributed by atoms with Crippen molar-refractivity contribution in [1.82, 2.24) is 14.7 Å². The summed E-state index contributed by atoms with van der Waals surface area (Å²) >= 11 is 3.26. The summed E-state index contributed by atoms with van der Waals surface area (Å²) in [5.41, 5.74) is 0.723. The lowest BCUT2D eigenvalue weighted by atomic mass is 9.95. The summed E-state index contributed by atoms with van der Waals surface area (Å²) in [6.07, 6.45) is 4.51. The zero-order valence-electron chi connectivity index (χ0n) is 14.4. The average Bonchev–Trinajstić information content (AvgIpc) is 3.11. The van der Waals surface area contributed by atoms with E-state index in [1.807, 2.05) is 6.92 Å². The molecule has 1 saturated heterocycles. The largest absolute Gasteiger partial charge is 0.339 e. The number of aryl methyl sites for hydroxylation is 1. The number of carbonyl (C=O) groups is 2. The third-order valence-corrected chi connectivity index (χ3v) is 5.03. The molecule has 1 fully saturated rings. The first-order valence-corrected chi connectivity index (χ1v) is 9.35. The van der Waals surface area contributed by atoms with Gasteiger partial charge in [0, 0.05) is 36.2 Å². The minimum atomic E-state index is -0.536. The molecule has 2 amide bonds. The average molecular weight is 423 g/mol. The van der Waals surface area contributed by atoms with Crippen molar-refractivity contribution in [2.45, 2.75) is 26.3 Å². The Labute approximate surface area is 159 Å². The van der Waals surface area contributed by atoms with Gasteiger partial charge in [0.1, 0.15) is 5.82 Å². The molecule has 0 bridgehead atoms. The highest BCUT2D eigenvalue weighted by Crippen LogP contribution is 2.23. The molecule has 1 aliphatic heterocycles. The number of nitrogens with one attached hydrogen (secondary N) is 1. The normalized spacial score (nSPS) is 15.1. The third-order valence-electron chi connectivity index (χ3n) is 4.54. The monoisotopic (exact) mass is 422 g/mol. The van der Waals surface area contributed by atoms with Crippen LogP contribution in [-0.2, 0) is 11.3 Å². The maximum atomic E-state index is 13.9. The summed E-state index contributed by atoms with van der Waals surface area (Å²) in [7, 11) is 0. The van der Waals surface area contributed by atoms with Gasteiger partial charge in [-0.2, -0.15) is 5.10 Å². The third kappa shape index (κ3) is 4.12. The molecule has 0 spiro atoms. The van der Waals surface area contributed by atoms with Crippen molar-refractivity contribution in [3.8, 4) is 0 Å². The molecule has 26 heavy (non-hydrogen) atoms. The van der Waals surface area contributed by atoms with Crippen molar-refractivity contribution in [2.24, 2.45) is 5.92 Å². The second kappa shape index (κ2) is 7.99. The minimum absolute atomic E-state index is 0.0502. The fourth-order valence-electron chi connectivity index (χ4n) is 3.02. The van der Waals surface area contributed by atoms with Gasteiger partial charge in [-0.3, -0.25) is 14.3 Å². The van der Waals surface area contributed by atoms with Crippen LogP contribution < -0.4 is 5.32 Å². The highest BCUT2D eigenvalue weighted by atomic mass is 79.9. The van der Waals surface area contributed by atoms with Crippen LogP contribution >= 0.6 is 15.9 Å². The van der Waals surface area contributed by atoms with Crippen molar-refractivity contribution in [3.63, 3.8) is 0 Å². The number of hydrogen-bond acceptors (Lipinski definition) is 3. The number of piperidine rings is 1. The summed E-state index contributed by atoms with van der Waals surface area (Å²) < 4.78 is 16.3. The molecule has 1 aromatic carbocycles. The van der Waals surface area contributed by atoms with Crippen LogP contribution in [-0.4, -0.2) is 39.6 Å². The molecule has 2 aromatic rings. The molecule has 6 nitrogen and oxygen atoms in total. The first kappa shape index (κ1) is 18.6. The number of amides is 2. The van der Waals surface area contributed by atoms with Crippen LogP contribution in [0.5, 0.6) is 0 Å². The SMILES string of the molecule is CCn1cc(NC(=O)C2CCN(C(=O)c3cc(Br)ccc3F)CC2)cn1. The summed E-state index contributed by atoms with van der Waals surface area (Å²) in [5.74, 6) is -1.12. The van der Waals surface area contributed by atoms with E-state index in [0.29, 0.717) is 36.1 Å². The zero-order chi connectivity index (χ0) is 18.7. The van der Waals surface area contributed by atoms with Crippen LogP contribution in [0, 0.1) is 11.7 Å². The zero-order valence-corrected chi connectivity index (χ0v) is 16.0. The van der Waals surface area contributed by atoms with E-state index in [9.17, 15) is 14.0 Å². The van der Waals surface area contributed by atoms with E-state index in [-0.39, 0.29) is 23.3 Å². The van der Waals surface area contributed by atoms with Gasteiger partial charge in [0.25, 0.3) is 5.91 Å². The molecule has 3 rings (SSSR count). The van der Waals surface area contributed by atoms with Gasteiger partial charge in [-0.25, -0.2) is 4.39 Å². The molecule has 0 atom stereocenters. The highest BCUT2D eigenvalue weighted by molar-refractivity contribution is 9.10. The minimum Gasteiger partial charge on any atom is -0.339 e. The standard InChI is InChI=1S/C18H20BrFN4O2/c1-2-24-11-14(10-21-24)22-17(25)12-5-7-23(8-6-12)18(26)15-9-13(19)3-4-16(15)20/h3-4,9-12H,2,5-8H2,1H3,(H,22,25). The highest BCUT2D eigenvalue weighted by Gasteiger charge is 2.29. The Morgan fingerprint density at radius 3 is 2.73 bits per heavy atom. The second-order valence-corrected chi connectivity index (χ2v) is 7.18. The van der Waals surface area contributed by atoms with E-state index >= 15 is 0 Å². The molecule has 0 unspecified atom stereocenters. The van der Waals surface area contributed by atoms with Gasteiger partial charge in [0.15, 0.2) is 0 Å². The van der Waals surface area contributed by atoms with Crippen molar-refractivity contribution in [1.29, 1.82) is 0 Å². The van der Waals surface area contributed by atoms with Crippen LogP contribution in [0.1, 0.15) is 30.1 Å². The Morgan fingerprint density at radius 1 is 1.35 bits per heavy atom. The lowest BCUT2D eigenvalue weighted by molar-refractivity contribution is -0.121. The van der Waals surface area contributed by atoms with Crippen LogP contribution in [0.2, 0.25) is 0 Å². The number of carbonyl (C=O) groups excluding carboxylic acids is 2. The Hall–Kier alpha value is -2.22. The maximum Gasteiger partial charge on any atom is 0.256 e. The Kier molecular flexibility index (Phi) is 5.70. The van der Waals surface area contributed by atoms with Gasteiger partial charge in [0.2, 0.25) is 5.91 Å². The number of rotatable bonds is 4. The van der Waals surface area contributed by atoms with Crippen molar-refractivity contribution < 1.29 is 14.0 Å². The van der Waals surface area contributed by atoms with E-state index in [1.165, 1.54) is 12.1 Å². The fraction of sp³-hybridized carbons (Fsp3) is 0.389. The van der Waals surface area contributed by atoms with E-state index < -0.39 is 5.82 Å². The Balaban J connectivity index is 1.57. The Morgan fingerprint density at radius 2 is 2.08 bits per heavy atom. The molecular weight excluding hydrogens is 403 g/mol. The Bertz CT molecular complexity index is 815. The number of halogens is 2. The van der Waals surface area contributed by atoms with Gasteiger partial charge in [-0.1, -0.05) is 15.9 Å². The summed E-state index contributed by atoms with van der Waals surface area (Å²) in [4.78, 5) is 26.5. The van der Waals surface area contributed by atoms with Gasteiger partial charge < -0.3 is 10.2 Å². The van der Waals surface area contributed by atoms with Crippen molar-refractivity contribution >= 4 is 33.4 Å². The van der Waals surface area contributed by atoms with E-state index in [4.69, 9.17) is 0 Å². The number of anilines is 1. The predicted molar refractivity (Wildman–Crippen MR) is 99.3 cm³/mol. The molecule has 2 heterocycles. The second-order valence-electron chi connectivity index (χ2n) is 6.26. The molecule has 138 valence electrons. The van der Waals surface area contributed by atoms with Crippen LogP contribution in [0.25, 0.3) is 0 Å². The first-order chi connectivity index (χ1) is 12.5. The summed E-state index contributed by atoms with van der Waals surface area (Å²) in [6, 6.07) is 4.32. The summed E-state index contributed by atoms with van der Waals surface area (Å²) in [6.45, 7) is 3.57. The lowest BCUT2D eigenvalue weighted by Crippen LogP contribution is -2.41. The topological polar surface area (TPSA) is 67.2 Å². The van der Waals surface area contributed by atoms with Gasteiger partial charge in [0.05, 0.1) is 17.4 Å². The first-order valence-electron chi connectivity index (χ1n) is 8.55. The molecule has 1 aliphatic rings. The van der Waals surface area contributed by atoms with Crippen molar-refractivity contribution in [2.75, 3.05) is 18.4 Å². The van der Waals surface area contributed by atoms with Crippen LogP contribution in [0.15, 0.2) is 35.1 Å². The van der Waals surface area contributed by atoms with Gasteiger partial charge >= 0.3 is 0 Å². The summed E-state index contributed by atoms with van der Waals surface area (Å²) in [5, 5.41) is 6.99. The molecule has 0 radical (unpaired) electrons. The quantitative estimate of drug-likeness (QED) is 0.821. The van der Waals surface area contributed by atoms with Crippen LogP contribution in [0.3, 0.4) is 0 Å². The van der Waals surface area contributed by atoms with E-state index in [0.717, 1.165) is 6.54 Å². The number of benzene rings is 1. The predicted octanol–water partition coefficient (Wildman–Crippen LogP) is 3.30. The fourth-order valence-corrected chi connectivity index (χ4v) is 3.38. The van der Waals surface area contributed by atoms with Gasteiger partial charge in [-0.05, 0) is 38.0 Å². The number of aromatic nitrogens is 2. The maximum absolute atomic E-state index is 13.9.